The van der Waals surface area contributed by atoms with E-state index in [4.69, 9.17) is 25.8 Å². The third kappa shape index (κ3) is 7.01. The largest absolute Gasteiger partial charge is 0.493 e. The van der Waals surface area contributed by atoms with Crippen LogP contribution in [-0.4, -0.2) is 41.7 Å². The standard InChI is InChI=1S/C22H29ClN2O6S/c1-5-6-11-24-32(27,28)17-8-10-19(18(23)13-17)31-14-22(26)25-15(2)16-7-9-20(29-3)21(12-16)30-4/h7-10,12-13,15,24H,5-6,11,14H2,1-4H3,(H,25,26)/t15-/m1/s1. The number of ether oxygens (including phenoxy) is 3. The summed E-state index contributed by atoms with van der Waals surface area (Å²) in [6.07, 6.45) is 1.62. The molecule has 8 nitrogen and oxygen atoms in total. The maximum Gasteiger partial charge on any atom is 0.258 e. The molecule has 1 amide bonds. The number of nitrogens with one attached hydrogen (secondary N) is 2. The highest BCUT2D eigenvalue weighted by Gasteiger charge is 2.17. The van der Waals surface area contributed by atoms with E-state index in [1.165, 1.54) is 18.2 Å². The molecule has 0 radical (unpaired) electrons. The predicted molar refractivity (Wildman–Crippen MR) is 123 cm³/mol. The summed E-state index contributed by atoms with van der Waals surface area (Å²) in [5.41, 5.74) is 0.833. The molecule has 0 saturated carbocycles. The zero-order valence-corrected chi connectivity index (χ0v) is 20.2. The molecule has 0 saturated heterocycles. The van der Waals surface area contributed by atoms with Crippen LogP contribution in [0.25, 0.3) is 0 Å². The average Bonchev–Trinajstić information content (AvgIpc) is 2.77. The Hall–Kier alpha value is -2.49. The molecule has 0 unspecified atom stereocenters. The molecule has 2 N–H and O–H groups in total. The number of rotatable bonds is 12. The van der Waals surface area contributed by atoms with Crippen LogP contribution in [0, 0.1) is 0 Å². The molecule has 0 aliphatic carbocycles. The maximum atomic E-state index is 12.3. The van der Waals surface area contributed by atoms with Crippen LogP contribution in [0.3, 0.4) is 0 Å². The Bertz CT molecular complexity index is 1030. The summed E-state index contributed by atoms with van der Waals surface area (Å²) in [5.74, 6) is 1.02. The van der Waals surface area contributed by atoms with Crippen LogP contribution in [0.5, 0.6) is 17.2 Å². The molecule has 0 heterocycles. The second kappa shape index (κ2) is 11.9. The van der Waals surface area contributed by atoms with Gasteiger partial charge in [-0.25, -0.2) is 13.1 Å². The van der Waals surface area contributed by atoms with Crippen molar-refractivity contribution in [2.75, 3.05) is 27.4 Å². The lowest BCUT2D eigenvalue weighted by Gasteiger charge is -2.17. The lowest BCUT2D eigenvalue weighted by Crippen LogP contribution is -2.31. The fraction of sp³-hybridized carbons (Fsp3) is 0.409. The van der Waals surface area contributed by atoms with E-state index in [9.17, 15) is 13.2 Å². The number of halogens is 1. The van der Waals surface area contributed by atoms with Gasteiger partial charge in [-0.15, -0.1) is 0 Å². The van der Waals surface area contributed by atoms with Crippen LogP contribution in [0.2, 0.25) is 5.02 Å². The van der Waals surface area contributed by atoms with E-state index in [1.807, 2.05) is 19.9 Å². The van der Waals surface area contributed by atoms with E-state index in [0.717, 1.165) is 18.4 Å². The summed E-state index contributed by atoms with van der Waals surface area (Å²) in [7, 11) is -0.555. The number of carbonyl (C=O) groups is 1. The minimum atomic E-state index is -3.65. The van der Waals surface area contributed by atoms with Gasteiger partial charge in [-0.1, -0.05) is 31.0 Å². The first-order valence-electron chi connectivity index (χ1n) is 10.1. The lowest BCUT2D eigenvalue weighted by molar-refractivity contribution is -0.123. The van der Waals surface area contributed by atoms with Gasteiger partial charge in [0.15, 0.2) is 18.1 Å². The smallest absolute Gasteiger partial charge is 0.258 e. The number of hydrogen-bond acceptors (Lipinski definition) is 6. The Morgan fingerprint density at radius 3 is 2.38 bits per heavy atom. The first-order chi connectivity index (χ1) is 15.2. The van der Waals surface area contributed by atoms with Crippen molar-refractivity contribution in [1.82, 2.24) is 10.0 Å². The van der Waals surface area contributed by atoms with Crippen LogP contribution in [0.4, 0.5) is 0 Å². The predicted octanol–water partition coefficient (Wildman–Crippen LogP) is 3.69. The number of amides is 1. The van der Waals surface area contributed by atoms with Crippen LogP contribution < -0.4 is 24.2 Å². The number of carbonyl (C=O) groups excluding carboxylic acids is 1. The number of sulfonamides is 1. The molecule has 2 aromatic carbocycles. The molecule has 2 aromatic rings. The number of benzene rings is 2. The molecule has 0 aliphatic heterocycles. The molecule has 0 fully saturated rings. The fourth-order valence-electron chi connectivity index (χ4n) is 2.86. The van der Waals surface area contributed by atoms with Gasteiger partial charge in [0.1, 0.15) is 5.75 Å². The van der Waals surface area contributed by atoms with Gasteiger partial charge in [0.2, 0.25) is 10.0 Å². The van der Waals surface area contributed by atoms with Crippen LogP contribution in [0.1, 0.15) is 38.3 Å². The molecule has 0 bridgehead atoms. The van der Waals surface area contributed by atoms with Gasteiger partial charge in [-0.05, 0) is 49.2 Å². The molecule has 1 atom stereocenters. The molecule has 32 heavy (non-hydrogen) atoms. The van der Waals surface area contributed by atoms with Crippen LogP contribution in [-0.2, 0) is 14.8 Å². The van der Waals surface area contributed by atoms with Crippen molar-refractivity contribution in [3.63, 3.8) is 0 Å². The molecular formula is C22H29ClN2O6S. The van der Waals surface area contributed by atoms with E-state index >= 15 is 0 Å². The first kappa shape index (κ1) is 25.8. The topological polar surface area (TPSA) is 103 Å². The molecule has 0 aromatic heterocycles. The van der Waals surface area contributed by atoms with Gasteiger partial charge in [0.25, 0.3) is 5.91 Å². The van der Waals surface area contributed by atoms with Gasteiger partial charge < -0.3 is 19.5 Å². The van der Waals surface area contributed by atoms with Gasteiger partial charge in [0.05, 0.1) is 30.2 Å². The second-order valence-electron chi connectivity index (χ2n) is 7.04. The SMILES string of the molecule is CCCCNS(=O)(=O)c1ccc(OCC(=O)N[C@H](C)c2ccc(OC)c(OC)c2)c(Cl)c1. The fourth-order valence-corrected chi connectivity index (χ4v) is 4.26. The van der Waals surface area contributed by atoms with Crippen molar-refractivity contribution in [3.05, 3.63) is 47.0 Å². The minimum absolute atomic E-state index is 0.0393. The van der Waals surface area contributed by atoms with Gasteiger partial charge in [-0.2, -0.15) is 0 Å². The van der Waals surface area contributed by atoms with Crippen molar-refractivity contribution in [2.24, 2.45) is 0 Å². The highest BCUT2D eigenvalue weighted by Crippen LogP contribution is 2.30. The lowest BCUT2D eigenvalue weighted by atomic mass is 10.1. The Morgan fingerprint density at radius 2 is 1.75 bits per heavy atom. The van der Waals surface area contributed by atoms with E-state index in [1.54, 1.807) is 26.4 Å². The second-order valence-corrected chi connectivity index (χ2v) is 9.21. The summed E-state index contributed by atoms with van der Waals surface area (Å²) in [6, 6.07) is 9.20. The number of unbranched alkanes of at least 4 members (excludes halogenated alkanes) is 1. The normalized spacial score (nSPS) is 12.2. The van der Waals surface area contributed by atoms with E-state index in [0.29, 0.717) is 18.0 Å². The Kier molecular flexibility index (Phi) is 9.61. The summed E-state index contributed by atoms with van der Waals surface area (Å²) in [6.45, 7) is 3.88. The Morgan fingerprint density at radius 1 is 1.06 bits per heavy atom. The van der Waals surface area contributed by atoms with Gasteiger partial charge >= 0.3 is 0 Å². The van der Waals surface area contributed by atoms with E-state index < -0.39 is 10.0 Å². The van der Waals surface area contributed by atoms with Crippen molar-refractivity contribution in [3.8, 4) is 17.2 Å². The zero-order valence-electron chi connectivity index (χ0n) is 18.6. The summed E-state index contributed by atoms with van der Waals surface area (Å²) in [5, 5.41) is 2.93. The van der Waals surface area contributed by atoms with Gasteiger partial charge in [0, 0.05) is 6.54 Å². The molecule has 0 spiro atoms. The van der Waals surface area contributed by atoms with E-state index in [2.05, 4.69) is 10.0 Å². The van der Waals surface area contributed by atoms with E-state index in [-0.39, 0.29) is 34.2 Å². The van der Waals surface area contributed by atoms with Gasteiger partial charge in [-0.3, -0.25) is 4.79 Å². The summed E-state index contributed by atoms with van der Waals surface area (Å²) >= 11 is 6.17. The average molecular weight is 485 g/mol. The maximum absolute atomic E-state index is 12.3. The quantitative estimate of drug-likeness (QED) is 0.445. The van der Waals surface area contributed by atoms with Crippen molar-refractivity contribution in [1.29, 1.82) is 0 Å². The highest BCUT2D eigenvalue weighted by molar-refractivity contribution is 7.89. The molecule has 0 aliphatic rings. The monoisotopic (exact) mass is 484 g/mol. The summed E-state index contributed by atoms with van der Waals surface area (Å²) < 4.78 is 43.1. The first-order valence-corrected chi connectivity index (χ1v) is 12.0. The van der Waals surface area contributed by atoms with Crippen molar-refractivity contribution in [2.45, 2.75) is 37.6 Å². The molecule has 2 rings (SSSR count). The summed E-state index contributed by atoms with van der Waals surface area (Å²) in [4.78, 5) is 12.4. The third-order valence-electron chi connectivity index (χ3n) is 4.68. The Balaban J connectivity index is 1.96. The molecular weight excluding hydrogens is 456 g/mol. The zero-order chi connectivity index (χ0) is 23.7. The minimum Gasteiger partial charge on any atom is -0.493 e. The number of methoxy groups -OCH3 is 2. The molecule has 10 heteroatoms. The molecule has 176 valence electrons. The van der Waals surface area contributed by atoms with Crippen LogP contribution in [0.15, 0.2) is 41.3 Å². The van der Waals surface area contributed by atoms with Crippen molar-refractivity contribution < 1.29 is 27.4 Å². The third-order valence-corrected chi connectivity index (χ3v) is 6.43. The Labute approximate surface area is 194 Å². The number of hydrogen-bond donors (Lipinski definition) is 2. The highest BCUT2D eigenvalue weighted by atomic mass is 35.5. The van der Waals surface area contributed by atoms with Crippen molar-refractivity contribution >= 4 is 27.5 Å². The van der Waals surface area contributed by atoms with Crippen LogP contribution >= 0.6 is 11.6 Å².